The molecule has 0 atom stereocenters. The number of thiazole rings is 1. The molecule has 1 aliphatic heterocycles. The highest BCUT2D eigenvalue weighted by Gasteiger charge is 2.38. The number of rotatable bonds is 6. The number of benzene rings is 2. The van der Waals surface area contributed by atoms with Crippen LogP contribution in [0.1, 0.15) is 42.3 Å². The van der Waals surface area contributed by atoms with Gasteiger partial charge in [-0.1, -0.05) is 32.9 Å². The molecule has 0 radical (unpaired) electrons. The first-order chi connectivity index (χ1) is 22.0. The summed E-state index contributed by atoms with van der Waals surface area (Å²) in [7, 11) is 0. The standard InChI is InChI=1S/C28H27F2N7O2S.C2HF3O2/c1-15-8-9-16(24(38)36-26-31-10-11-40-26)12-17(15)21-18-13-32-27(39)37(22-19(29)6-5-7-20(22)30)23(18)35-25(34-21)33-14-28(2,3)4;3-2(4,5)1(6)7/h5-12H,13-14H2,1-4H3,(H,32,39)(H,31,36,38)(H,33,34,35);(H,6,7). The summed E-state index contributed by atoms with van der Waals surface area (Å²) in [6, 6.07) is 7.83. The molecule has 4 aromatic rings. The third-order valence-electron chi connectivity index (χ3n) is 6.40. The van der Waals surface area contributed by atoms with Crippen molar-refractivity contribution < 1.29 is 41.4 Å². The van der Waals surface area contributed by atoms with E-state index in [2.05, 4.69) is 25.9 Å². The molecule has 3 heterocycles. The number of alkyl halides is 3. The second kappa shape index (κ2) is 13.7. The molecule has 1 aliphatic rings. The lowest BCUT2D eigenvalue weighted by atomic mass is 9.97. The summed E-state index contributed by atoms with van der Waals surface area (Å²) >= 11 is 1.30. The Morgan fingerprint density at radius 1 is 1.09 bits per heavy atom. The van der Waals surface area contributed by atoms with Gasteiger partial charge in [0, 0.05) is 34.8 Å². The maximum absolute atomic E-state index is 14.9. The molecule has 0 aliphatic carbocycles. The number of carbonyl (C=O) groups is 3. The minimum atomic E-state index is -5.08. The predicted octanol–water partition coefficient (Wildman–Crippen LogP) is 6.89. The van der Waals surface area contributed by atoms with Crippen LogP contribution in [0, 0.1) is 24.0 Å². The lowest BCUT2D eigenvalue weighted by Gasteiger charge is -2.31. The summed E-state index contributed by atoms with van der Waals surface area (Å²) in [5.74, 6) is -4.71. The van der Waals surface area contributed by atoms with Gasteiger partial charge >= 0.3 is 18.2 Å². The van der Waals surface area contributed by atoms with Crippen LogP contribution in [0.5, 0.6) is 0 Å². The molecule has 11 nitrogen and oxygen atoms in total. The number of nitrogens with zero attached hydrogens (tertiary/aromatic N) is 4. The zero-order chi connectivity index (χ0) is 34.7. The second-order valence-corrected chi connectivity index (χ2v) is 12.2. The van der Waals surface area contributed by atoms with E-state index in [1.54, 1.807) is 29.8 Å². The topological polar surface area (TPSA) is 149 Å². The Morgan fingerprint density at radius 2 is 1.74 bits per heavy atom. The van der Waals surface area contributed by atoms with Gasteiger partial charge in [0.1, 0.15) is 17.3 Å². The van der Waals surface area contributed by atoms with Crippen LogP contribution in [0.3, 0.4) is 0 Å². The van der Waals surface area contributed by atoms with Crippen molar-refractivity contribution in [2.24, 2.45) is 5.41 Å². The molecule has 248 valence electrons. The summed E-state index contributed by atoms with van der Waals surface area (Å²) in [5.41, 5.74) is 1.96. The maximum atomic E-state index is 14.9. The van der Waals surface area contributed by atoms with Crippen molar-refractivity contribution in [3.63, 3.8) is 0 Å². The Morgan fingerprint density at radius 3 is 2.32 bits per heavy atom. The summed E-state index contributed by atoms with van der Waals surface area (Å²) in [6.07, 6.45) is -3.49. The van der Waals surface area contributed by atoms with Crippen molar-refractivity contribution >= 4 is 51.8 Å². The summed E-state index contributed by atoms with van der Waals surface area (Å²) in [5, 5.41) is 18.0. The molecular formula is C30H28F5N7O4S. The van der Waals surface area contributed by atoms with Crippen molar-refractivity contribution in [1.29, 1.82) is 0 Å². The van der Waals surface area contributed by atoms with E-state index in [4.69, 9.17) is 14.9 Å². The highest BCUT2D eigenvalue weighted by atomic mass is 32.1. The largest absolute Gasteiger partial charge is 0.490 e. The summed E-state index contributed by atoms with van der Waals surface area (Å²) in [4.78, 5) is 49.2. The number of amides is 3. The molecule has 4 N–H and O–H groups in total. The first kappa shape index (κ1) is 34.7. The van der Waals surface area contributed by atoms with Crippen LogP contribution in [0.15, 0.2) is 48.0 Å². The molecule has 0 unspecified atom stereocenters. The number of carboxylic acid groups (broad SMARTS) is 1. The van der Waals surface area contributed by atoms with Gasteiger partial charge in [0.15, 0.2) is 10.9 Å². The van der Waals surface area contributed by atoms with Crippen molar-refractivity contribution in [2.45, 2.75) is 40.4 Å². The van der Waals surface area contributed by atoms with Crippen LogP contribution < -0.4 is 20.9 Å². The van der Waals surface area contributed by atoms with E-state index in [1.165, 1.54) is 17.4 Å². The van der Waals surface area contributed by atoms with Gasteiger partial charge in [0.25, 0.3) is 5.91 Å². The van der Waals surface area contributed by atoms with Crippen LogP contribution >= 0.6 is 11.3 Å². The molecule has 0 spiro atoms. The van der Waals surface area contributed by atoms with Gasteiger partial charge in [0.05, 0.1) is 12.2 Å². The van der Waals surface area contributed by atoms with E-state index in [1.807, 2.05) is 27.7 Å². The number of carbonyl (C=O) groups excluding carboxylic acids is 2. The Bertz CT molecular complexity index is 1790. The van der Waals surface area contributed by atoms with Gasteiger partial charge in [-0.3, -0.25) is 10.1 Å². The number of fused-ring (bicyclic) bond motifs is 1. The average Bonchev–Trinajstić information content (AvgIpc) is 3.49. The zero-order valence-corrected chi connectivity index (χ0v) is 26.1. The van der Waals surface area contributed by atoms with Crippen LogP contribution in [0.25, 0.3) is 11.3 Å². The number of aromatic nitrogens is 3. The molecule has 5 rings (SSSR count). The molecule has 0 saturated heterocycles. The number of carboxylic acids is 1. The van der Waals surface area contributed by atoms with E-state index in [9.17, 15) is 31.5 Å². The van der Waals surface area contributed by atoms with E-state index >= 15 is 0 Å². The predicted molar refractivity (Wildman–Crippen MR) is 165 cm³/mol. The lowest BCUT2D eigenvalue weighted by Crippen LogP contribution is -2.43. The number of anilines is 4. The molecule has 2 aromatic carbocycles. The number of aliphatic carboxylic acids is 1. The van der Waals surface area contributed by atoms with E-state index in [0.29, 0.717) is 34.1 Å². The number of hydrogen-bond acceptors (Lipinski definition) is 8. The highest BCUT2D eigenvalue weighted by molar-refractivity contribution is 7.13. The van der Waals surface area contributed by atoms with Crippen molar-refractivity contribution in [3.8, 4) is 11.3 Å². The number of urea groups is 1. The fraction of sp³-hybridized carbons (Fsp3) is 0.267. The molecule has 0 fully saturated rings. The molecule has 17 heteroatoms. The van der Waals surface area contributed by atoms with Crippen molar-refractivity contribution in [3.05, 3.63) is 76.3 Å². The van der Waals surface area contributed by atoms with Gasteiger partial charge in [-0.05, 0) is 42.2 Å². The van der Waals surface area contributed by atoms with E-state index in [-0.39, 0.29) is 29.6 Å². The number of nitrogens with one attached hydrogen (secondary N) is 3. The summed E-state index contributed by atoms with van der Waals surface area (Å²) in [6.45, 7) is 8.46. The van der Waals surface area contributed by atoms with Gasteiger partial charge in [-0.25, -0.2) is 33.2 Å². The number of para-hydroxylation sites is 1. The molecule has 2 aromatic heterocycles. The molecule has 0 bridgehead atoms. The third kappa shape index (κ3) is 8.35. The highest BCUT2D eigenvalue weighted by Crippen LogP contribution is 2.39. The van der Waals surface area contributed by atoms with E-state index in [0.717, 1.165) is 22.6 Å². The first-order valence-electron chi connectivity index (χ1n) is 13.7. The van der Waals surface area contributed by atoms with Crippen LogP contribution in [-0.2, 0) is 11.3 Å². The zero-order valence-electron chi connectivity index (χ0n) is 25.3. The smallest absolute Gasteiger partial charge is 0.475 e. The second-order valence-electron chi connectivity index (χ2n) is 11.3. The summed E-state index contributed by atoms with van der Waals surface area (Å²) < 4.78 is 61.6. The van der Waals surface area contributed by atoms with Gasteiger partial charge < -0.3 is 15.7 Å². The fourth-order valence-electron chi connectivity index (χ4n) is 4.19. The Balaban J connectivity index is 0.000000644. The lowest BCUT2D eigenvalue weighted by molar-refractivity contribution is -0.192. The molecule has 3 amide bonds. The van der Waals surface area contributed by atoms with Crippen molar-refractivity contribution in [1.82, 2.24) is 20.3 Å². The molecular weight excluding hydrogens is 649 g/mol. The minimum Gasteiger partial charge on any atom is -0.475 e. The van der Waals surface area contributed by atoms with Crippen LogP contribution in [-0.4, -0.2) is 50.7 Å². The quantitative estimate of drug-likeness (QED) is 0.161. The molecule has 0 saturated carbocycles. The van der Waals surface area contributed by atoms with Crippen LogP contribution in [0.2, 0.25) is 0 Å². The van der Waals surface area contributed by atoms with E-state index < -0.39 is 35.5 Å². The minimum absolute atomic E-state index is 0.0185. The first-order valence-corrected chi connectivity index (χ1v) is 14.6. The Labute approximate surface area is 268 Å². The van der Waals surface area contributed by atoms with Crippen molar-refractivity contribution in [2.75, 3.05) is 22.1 Å². The maximum Gasteiger partial charge on any atom is 0.490 e. The third-order valence-corrected chi connectivity index (χ3v) is 7.09. The number of aryl methyl sites for hydroxylation is 1. The monoisotopic (exact) mass is 677 g/mol. The van der Waals surface area contributed by atoms with Crippen LogP contribution in [0.4, 0.5) is 49.3 Å². The van der Waals surface area contributed by atoms with Gasteiger partial charge in [-0.2, -0.15) is 18.2 Å². The Hall–Kier alpha value is -5.19. The van der Waals surface area contributed by atoms with Gasteiger partial charge in [-0.15, -0.1) is 11.3 Å². The average molecular weight is 678 g/mol. The molecule has 47 heavy (non-hydrogen) atoms. The van der Waals surface area contributed by atoms with Gasteiger partial charge in [0.2, 0.25) is 5.95 Å². The number of halogens is 5. The SMILES string of the molecule is Cc1ccc(C(=O)Nc2nccs2)cc1-c1nc(NCC(C)(C)C)nc2c1CNC(=O)N2c1c(F)cccc1F.O=C(O)C(F)(F)F. The normalized spacial score (nSPS) is 12.8. The number of hydrogen-bond donors (Lipinski definition) is 4. The fourth-order valence-corrected chi connectivity index (χ4v) is 4.71. The Kier molecular flexibility index (Phi) is 10.1.